The zero-order valence-corrected chi connectivity index (χ0v) is 13.7. The van der Waals surface area contributed by atoms with Crippen LogP contribution < -0.4 is 11.1 Å². The summed E-state index contributed by atoms with van der Waals surface area (Å²) in [7, 11) is -3.70. The summed E-state index contributed by atoms with van der Waals surface area (Å²) in [6, 6.07) is 3.39. The number of anilines is 1. The standard InChI is InChI=1S/C13H18FN3O3S.ClH/c1-9(18)16-13-8-11(2-3-12(13)14)21(19,20)17-6-4-10(15)5-7-17;/h2-3,8,10H,4-7,15H2,1H3,(H,16,18);1H. The molecule has 1 saturated heterocycles. The van der Waals surface area contributed by atoms with Crippen molar-refractivity contribution in [3.8, 4) is 0 Å². The highest BCUT2D eigenvalue weighted by atomic mass is 35.5. The molecule has 6 nitrogen and oxygen atoms in total. The number of sulfonamides is 1. The molecule has 0 bridgehead atoms. The zero-order chi connectivity index (χ0) is 15.6. The van der Waals surface area contributed by atoms with Crippen LogP contribution in [0.2, 0.25) is 0 Å². The Kier molecular flexibility index (Phi) is 6.30. The first-order valence-corrected chi connectivity index (χ1v) is 8.07. The highest BCUT2D eigenvalue weighted by Gasteiger charge is 2.28. The minimum Gasteiger partial charge on any atom is -0.328 e. The number of amides is 1. The molecule has 2 rings (SSSR count). The lowest BCUT2D eigenvalue weighted by Crippen LogP contribution is -2.42. The second-order valence-electron chi connectivity index (χ2n) is 5.06. The number of carbonyl (C=O) groups excluding carboxylic acids is 1. The van der Waals surface area contributed by atoms with Gasteiger partial charge >= 0.3 is 0 Å². The third-order valence-electron chi connectivity index (χ3n) is 3.38. The van der Waals surface area contributed by atoms with Gasteiger partial charge in [0, 0.05) is 26.1 Å². The van der Waals surface area contributed by atoms with Gasteiger partial charge in [-0.1, -0.05) is 0 Å². The van der Waals surface area contributed by atoms with Crippen LogP contribution in [0.5, 0.6) is 0 Å². The summed E-state index contributed by atoms with van der Waals surface area (Å²) >= 11 is 0. The summed E-state index contributed by atoms with van der Waals surface area (Å²) in [6.07, 6.45) is 1.19. The molecule has 1 aliphatic heterocycles. The van der Waals surface area contributed by atoms with Gasteiger partial charge in [-0.2, -0.15) is 4.31 Å². The average molecular weight is 352 g/mol. The molecule has 3 N–H and O–H groups in total. The Bertz CT molecular complexity index is 646. The molecular formula is C13H19ClFN3O3S. The number of nitrogens with zero attached hydrogens (tertiary/aromatic N) is 1. The Morgan fingerprint density at radius 2 is 1.95 bits per heavy atom. The lowest BCUT2D eigenvalue weighted by molar-refractivity contribution is -0.114. The number of benzene rings is 1. The van der Waals surface area contributed by atoms with Gasteiger partial charge in [0.15, 0.2) is 0 Å². The first-order valence-electron chi connectivity index (χ1n) is 6.63. The molecule has 0 unspecified atom stereocenters. The second-order valence-corrected chi connectivity index (χ2v) is 7.00. The number of piperidine rings is 1. The van der Waals surface area contributed by atoms with E-state index < -0.39 is 21.7 Å². The van der Waals surface area contributed by atoms with Gasteiger partial charge < -0.3 is 11.1 Å². The SMILES string of the molecule is CC(=O)Nc1cc(S(=O)(=O)N2CCC(N)CC2)ccc1F.Cl. The Labute approximate surface area is 135 Å². The molecule has 124 valence electrons. The molecule has 22 heavy (non-hydrogen) atoms. The molecular weight excluding hydrogens is 333 g/mol. The molecule has 0 saturated carbocycles. The van der Waals surface area contributed by atoms with Crippen molar-refractivity contribution in [1.82, 2.24) is 4.31 Å². The van der Waals surface area contributed by atoms with Crippen LogP contribution >= 0.6 is 12.4 Å². The topological polar surface area (TPSA) is 92.5 Å². The molecule has 1 aromatic carbocycles. The molecule has 0 aliphatic carbocycles. The lowest BCUT2D eigenvalue weighted by atomic mass is 10.1. The number of carbonyl (C=O) groups is 1. The first-order chi connectivity index (χ1) is 9.80. The third kappa shape index (κ3) is 4.16. The highest BCUT2D eigenvalue weighted by molar-refractivity contribution is 7.89. The largest absolute Gasteiger partial charge is 0.328 e. The highest BCUT2D eigenvalue weighted by Crippen LogP contribution is 2.24. The van der Waals surface area contributed by atoms with Crippen LogP contribution in [0.4, 0.5) is 10.1 Å². The number of halogens is 2. The van der Waals surface area contributed by atoms with Crippen molar-refractivity contribution in [3.05, 3.63) is 24.0 Å². The quantitative estimate of drug-likeness (QED) is 0.859. The van der Waals surface area contributed by atoms with Crippen molar-refractivity contribution in [2.24, 2.45) is 5.73 Å². The Morgan fingerprint density at radius 3 is 2.50 bits per heavy atom. The number of nitrogens with two attached hydrogens (primary N) is 1. The predicted molar refractivity (Wildman–Crippen MR) is 83.9 cm³/mol. The maximum absolute atomic E-state index is 13.6. The van der Waals surface area contributed by atoms with Crippen LogP contribution in [0.3, 0.4) is 0 Å². The molecule has 1 amide bonds. The van der Waals surface area contributed by atoms with Crippen molar-refractivity contribution in [2.75, 3.05) is 18.4 Å². The Morgan fingerprint density at radius 1 is 1.36 bits per heavy atom. The van der Waals surface area contributed by atoms with Gasteiger partial charge in [-0.05, 0) is 31.0 Å². The normalized spacial score (nSPS) is 16.9. The third-order valence-corrected chi connectivity index (χ3v) is 5.28. The predicted octanol–water partition coefficient (Wildman–Crippen LogP) is 1.32. The van der Waals surface area contributed by atoms with Gasteiger partial charge in [-0.15, -0.1) is 12.4 Å². The van der Waals surface area contributed by atoms with E-state index in [1.165, 1.54) is 17.3 Å². The second kappa shape index (κ2) is 7.36. The molecule has 0 atom stereocenters. The van der Waals surface area contributed by atoms with Gasteiger partial charge in [0.25, 0.3) is 0 Å². The first kappa shape index (κ1) is 18.8. The summed E-state index contributed by atoms with van der Waals surface area (Å²) in [5.74, 6) is -1.14. The summed E-state index contributed by atoms with van der Waals surface area (Å²) in [6.45, 7) is 1.92. The van der Waals surface area contributed by atoms with Crippen LogP contribution in [0, 0.1) is 5.82 Å². The smallest absolute Gasteiger partial charge is 0.243 e. The van der Waals surface area contributed by atoms with Crippen molar-refractivity contribution in [2.45, 2.75) is 30.7 Å². The zero-order valence-electron chi connectivity index (χ0n) is 12.1. The van der Waals surface area contributed by atoms with E-state index in [-0.39, 0.29) is 29.0 Å². The van der Waals surface area contributed by atoms with Gasteiger partial charge in [0.2, 0.25) is 15.9 Å². The molecule has 1 heterocycles. The van der Waals surface area contributed by atoms with E-state index in [0.717, 1.165) is 12.1 Å². The van der Waals surface area contributed by atoms with Crippen LogP contribution in [0.1, 0.15) is 19.8 Å². The summed E-state index contributed by atoms with van der Waals surface area (Å²) in [4.78, 5) is 11.0. The van der Waals surface area contributed by atoms with Crippen molar-refractivity contribution in [3.63, 3.8) is 0 Å². The van der Waals surface area contributed by atoms with E-state index in [1.54, 1.807) is 0 Å². The maximum atomic E-state index is 13.6. The fourth-order valence-corrected chi connectivity index (χ4v) is 3.71. The Balaban J connectivity index is 0.00000242. The lowest BCUT2D eigenvalue weighted by Gasteiger charge is -2.29. The van der Waals surface area contributed by atoms with Gasteiger partial charge in [0.05, 0.1) is 10.6 Å². The van der Waals surface area contributed by atoms with Crippen LogP contribution in [-0.2, 0) is 14.8 Å². The van der Waals surface area contributed by atoms with Crippen LogP contribution in [0.25, 0.3) is 0 Å². The summed E-state index contributed by atoms with van der Waals surface area (Å²) < 4.78 is 39.9. The van der Waals surface area contributed by atoms with E-state index >= 15 is 0 Å². The number of nitrogens with one attached hydrogen (secondary N) is 1. The molecule has 0 radical (unpaired) electrons. The van der Waals surface area contributed by atoms with Crippen molar-refractivity contribution < 1.29 is 17.6 Å². The molecule has 0 aromatic heterocycles. The molecule has 1 aromatic rings. The monoisotopic (exact) mass is 351 g/mol. The Hall–Kier alpha value is -1.22. The van der Waals surface area contributed by atoms with Gasteiger partial charge in [-0.25, -0.2) is 12.8 Å². The summed E-state index contributed by atoms with van der Waals surface area (Å²) in [5.41, 5.74) is 5.62. The van der Waals surface area contributed by atoms with Gasteiger partial charge in [0.1, 0.15) is 5.82 Å². The maximum Gasteiger partial charge on any atom is 0.243 e. The molecule has 9 heteroatoms. The van der Waals surface area contributed by atoms with Crippen molar-refractivity contribution in [1.29, 1.82) is 0 Å². The fraction of sp³-hybridized carbons (Fsp3) is 0.462. The van der Waals surface area contributed by atoms with E-state index in [1.807, 2.05) is 0 Å². The van der Waals surface area contributed by atoms with E-state index in [4.69, 9.17) is 5.73 Å². The molecule has 0 spiro atoms. The van der Waals surface area contributed by atoms with Crippen molar-refractivity contribution >= 4 is 34.0 Å². The number of rotatable bonds is 3. The van der Waals surface area contributed by atoms with E-state index in [0.29, 0.717) is 25.9 Å². The minimum atomic E-state index is -3.70. The van der Waals surface area contributed by atoms with Crippen LogP contribution in [-0.4, -0.2) is 37.8 Å². The van der Waals surface area contributed by atoms with Gasteiger partial charge in [-0.3, -0.25) is 4.79 Å². The number of hydrogen-bond acceptors (Lipinski definition) is 4. The minimum absolute atomic E-state index is 0. The van der Waals surface area contributed by atoms with E-state index in [2.05, 4.69) is 5.32 Å². The average Bonchev–Trinajstić information content (AvgIpc) is 2.41. The molecule has 1 aliphatic rings. The molecule has 1 fully saturated rings. The summed E-state index contributed by atoms with van der Waals surface area (Å²) in [5, 5.41) is 2.28. The van der Waals surface area contributed by atoms with Crippen LogP contribution in [0.15, 0.2) is 23.1 Å². The van der Waals surface area contributed by atoms with E-state index in [9.17, 15) is 17.6 Å². The number of hydrogen-bond donors (Lipinski definition) is 2. The fourth-order valence-electron chi connectivity index (χ4n) is 2.22.